The molecule has 8 nitrogen and oxygen atoms in total. The van der Waals surface area contributed by atoms with E-state index in [4.69, 9.17) is 23.8 Å². The van der Waals surface area contributed by atoms with E-state index in [1.54, 1.807) is 6.07 Å². The highest BCUT2D eigenvalue weighted by Crippen LogP contribution is 2.17. The predicted octanol–water partition coefficient (Wildman–Crippen LogP) is 2.74. The fourth-order valence-electron chi connectivity index (χ4n) is 2.39. The first-order valence-corrected chi connectivity index (χ1v) is 10.1. The van der Waals surface area contributed by atoms with E-state index in [-0.39, 0.29) is 30.5 Å². The molecule has 1 heterocycles. The highest BCUT2D eigenvalue weighted by molar-refractivity contribution is 7.89. The number of esters is 1. The minimum atomic E-state index is -3.75. The molecule has 3 rings (SSSR count). The van der Waals surface area contributed by atoms with Crippen molar-refractivity contribution in [1.82, 2.24) is 0 Å². The molecule has 0 spiro atoms. The number of nitrogens with two attached hydrogens (primary N) is 1. The molecular weight excluding hydrogens is 398 g/mol. The molecule has 0 fully saturated rings. The van der Waals surface area contributed by atoms with E-state index in [1.807, 2.05) is 30.3 Å². The van der Waals surface area contributed by atoms with Gasteiger partial charge in [0.2, 0.25) is 15.8 Å². The average Bonchev–Trinajstić information content (AvgIpc) is 3.19. The molecule has 0 aliphatic rings. The molecule has 152 valence electrons. The van der Waals surface area contributed by atoms with E-state index in [0.29, 0.717) is 17.1 Å². The molecule has 1 aromatic heterocycles. The van der Waals surface area contributed by atoms with Gasteiger partial charge in [-0.15, -0.1) is 0 Å². The van der Waals surface area contributed by atoms with Crippen LogP contribution in [0.5, 0.6) is 11.5 Å². The van der Waals surface area contributed by atoms with Crippen LogP contribution < -0.4 is 14.6 Å². The Kier molecular flexibility index (Phi) is 6.53. The molecule has 0 aliphatic heterocycles. The van der Waals surface area contributed by atoms with Crippen molar-refractivity contribution in [3.8, 4) is 11.5 Å². The number of para-hydroxylation sites is 1. The highest BCUT2D eigenvalue weighted by atomic mass is 32.2. The molecule has 0 unspecified atom stereocenters. The van der Waals surface area contributed by atoms with Crippen molar-refractivity contribution in [2.45, 2.75) is 11.5 Å². The second kappa shape index (κ2) is 9.26. The van der Waals surface area contributed by atoms with E-state index in [0.717, 1.165) is 0 Å². The second-order valence-electron chi connectivity index (χ2n) is 5.88. The van der Waals surface area contributed by atoms with Gasteiger partial charge in [-0.1, -0.05) is 18.2 Å². The third kappa shape index (κ3) is 5.84. The Hall–Kier alpha value is -3.30. The van der Waals surface area contributed by atoms with Crippen LogP contribution in [0, 0.1) is 0 Å². The lowest BCUT2D eigenvalue weighted by Crippen LogP contribution is -2.14. The van der Waals surface area contributed by atoms with Gasteiger partial charge in [0.15, 0.2) is 0 Å². The summed E-state index contributed by atoms with van der Waals surface area (Å²) in [5.41, 5.74) is 0.568. The van der Waals surface area contributed by atoms with Gasteiger partial charge in [0, 0.05) is 5.56 Å². The third-order valence-electron chi connectivity index (χ3n) is 3.81. The van der Waals surface area contributed by atoms with Crippen LogP contribution in [0.2, 0.25) is 0 Å². The number of primary sulfonamides is 1. The lowest BCUT2D eigenvalue weighted by Gasteiger charge is -2.08. The van der Waals surface area contributed by atoms with Gasteiger partial charge in [-0.25, -0.2) is 18.4 Å². The Morgan fingerprint density at radius 1 is 0.897 bits per heavy atom. The quantitative estimate of drug-likeness (QED) is 0.420. The highest BCUT2D eigenvalue weighted by Gasteiger charge is 2.17. The first-order valence-electron chi connectivity index (χ1n) is 8.60. The minimum absolute atomic E-state index is 0.0145. The van der Waals surface area contributed by atoms with Crippen LogP contribution in [-0.4, -0.2) is 27.6 Å². The summed E-state index contributed by atoms with van der Waals surface area (Å²) < 4.78 is 43.8. The molecule has 9 heteroatoms. The maximum absolute atomic E-state index is 12.2. The summed E-state index contributed by atoms with van der Waals surface area (Å²) in [7, 11) is -3.75. The van der Waals surface area contributed by atoms with Crippen LogP contribution in [-0.2, 0) is 21.4 Å². The van der Waals surface area contributed by atoms with Gasteiger partial charge >= 0.3 is 5.97 Å². The van der Waals surface area contributed by atoms with Crippen molar-refractivity contribution in [2.24, 2.45) is 5.14 Å². The number of furan rings is 1. The van der Waals surface area contributed by atoms with Crippen LogP contribution in [0.1, 0.15) is 16.1 Å². The molecule has 0 bridgehead atoms. The van der Waals surface area contributed by atoms with Crippen LogP contribution >= 0.6 is 0 Å². The fourth-order valence-corrected chi connectivity index (χ4v) is 2.91. The van der Waals surface area contributed by atoms with E-state index < -0.39 is 16.0 Å². The maximum atomic E-state index is 12.2. The third-order valence-corrected chi connectivity index (χ3v) is 4.74. The summed E-state index contributed by atoms with van der Waals surface area (Å²) in [6, 6.07) is 16.4. The number of rotatable bonds is 9. The molecule has 2 N–H and O–H groups in total. The SMILES string of the molecule is NS(=O)(=O)c1ccc(OCCOC(=O)c2occc2COc2ccccc2)cc1. The van der Waals surface area contributed by atoms with E-state index in [9.17, 15) is 13.2 Å². The Labute approximate surface area is 167 Å². The molecule has 0 amide bonds. The Balaban J connectivity index is 1.46. The normalized spacial score (nSPS) is 11.1. The molecule has 0 saturated carbocycles. The summed E-state index contributed by atoms with van der Waals surface area (Å²) in [4.78, 5) is 12.2. The summed E-state index contributed by atoms with van der Waals surface area (Å²) in [6.45, 7) is 0.227. The Morgan fingerprint density at radius 2 is 1.59 bits per heavy atom. The van der Waals surface area contributed by atoms with Gasteiger partial charge in [0.1, 0.15) is 31.3 Å². The Morgan fingerprint density at radius 3 is 2.28 bits per heavy atom. The van der Waals surface area contributed by atoms with E-state index in [1.165, 1.54) is 30.5 Å². The number of hydrogen-bond acceptors (Lipinski definition) is 7. The zero-order chi connectivity index (χ0) is 20.7. The first kappa shape index (κ1) is 20.4. The molecule has 3 aromatic rings. The van der Waals surface area contributed by atoms with Gasteiger partial charge in [-0.3, -0.25) is 0 Å². The monoisotopic (exact) mass is 417 g/mol. The van der Waals surface area contributed by atoms with Gasteiger partial charge < -0.3 is 18.6 Å². The number of benzene rings is 2. The summed E-state index contributed by atoms with van der Waals surface area (Å²) in [5.74, 6) is 0.534. The van der Waals surface area contributed by atoms with E-state index in [2.05, 4.69) is 0 Å². The molecule has 29 heavy (non-hydrogen) atoms. The van der Waals surface area contributed by atoms with Crippen LogP contribution in [0.15, 0.2) is 76.2 Å². The molecule has 2 aromatic carbocycles. The van der Waals surface area contributed by atoms with Crippen LogP contribution in [0.3, 0.4) is 0 Å². The average molecular weight is 417 g/mol. The van der Waals surface area contributed by atoms with Crippen LogP contribution in [0.4, 0.5) is 0 Å². The molecule has 0 saturated heterocycles. The zero-order valence-corrected chi connectivity index (χ0v) is 16.1. The maximum Gasteiger partial charge on any atom is 0.374 e. The molecule has 0 atom stereocenters. The lowest BCUT2D eigenvalue weighted by molar-refractivity contribution is 0.0411. The van der Waals surface area contributed by atoms with Crippen molar-refractivity contribution < 1.29 is 31.8 Å². The molecule has 0 radical (unpaired) electrons. The summed E-state index contributed by atoms with van der Waals surface area (Å²) in [5, 5.41) is 5.03. The first-order chi connectivity index (χ1) is 13.9. The van der Waals surface area contributed by atoms with E-state index >= 15 is 0 Å². The number of sulfonamides is 1. The number of hydrogen-bond donors (Lipinski definition) is 1. The smallest absolute Gasteiger partial charge is 0.374 e. The topological polar surface area (TPSA) is 118 Å². The lowest BCUT2D eigenvalue weighted by atomic mass is 10.2. The second-order valence-corrected chi connectivity index (χ2v) is 7.44. The van der Waals surface area contributed by atoms with Crippen molar-refractivity contribution in [3.05, 3.63) is 78.3 Å². The molecular formula is C20H19NO7S. The van der Waals surface area contributed by atoms with Crippen molar-refractivity contribution in [2.75, 3.05) is 13.2 Å². The largest absolute Gasteiger partial charge is 0.490 e. The van der Waals surface area contributed by atoms with Gasteiger partial charge in [-0.2, -0.15) is 0 Å². The fraction of sp³-hybridized carbons (Fsp3) is 0.150. The molecule has 0 aliphatic carbocycles. The number of carbonyl (C=O) groups is 1. The van der Waals surface area contributed by atoms with Crippen LogP contribution in [0.25, 0.3) is 0 Å². The summed E-state index contributed by atoms with van der Waals surface area (Å²) >= 11 is 0. The Bertz CT molecular complexity index is 1040. The standard InChI is InChI=1S/C20H19NO7S/c21-29(23,24)18-8-6-17(7-9-18)25-12-13-27-20(22)19-15(10-11-26-19)14-28-16-4-2-1-3-5-16/h1-11H,12-14H2,(H2,21,23,24). The van der Waals surface area contributed by atoms with Crippen molar-refractivity contribution in [1.29, 1.82) is 0 Å². The zero-order valence-electron chi connectivity index (χ0n) is 15.3. The van der Waals surface area contributed by atoms with Crippen molar-refractivity contribution >= 4 is 16.0 Å². The predicted molar refractivity (Wildman–Crippen MR) is 103 cm³/mol. The van der Waals surface area contributed by atoms with Gasteiger partial charge in [0.25, 0.3) is 0 Å². The summed E-state index contributed by atoms with van der Waals surface area (Å²) in [6.07, 6.45) is 1.39. The number of ether oxygens (including phenoxy) is 3. The van der Waals surface area contributed by atoms with Crippen molar-refractivity contribution in [3.63, 3.8) is 0 Å². The minimum Gasteiger partial charge on any atom is -0.490 e. The van der Waals surface area contributed by atoms with Gasteiger partial charge in [0.05, 0.1) is 11.2 Å². The number of carbonyl (C=O) groups excluding carboxylic acids is 1. The van der Waals surface area contributed by atoms with Gasteiger partial charge in [-0.05, 0) is 42.5 Å².